The Hall–Kier alpha value is -2.05. The van der Waals surface area contributed by atoms with Gasteiger partial charge in [0.15, 0.2) is 0 Å². The number of nitrogens with zero attached hydrogens (tertiary/aromatic N) is 1. The third-order valence-corrected chi connectivity index (χ3v) is 5.09. The lowest BCUT2D eigenvalue weighted by atomic mass is 10.0. The molecule has 0 atom stereocenters. The van der Waals surface area contributed by atoms with Gasteiger partial charge in [0.2, 0.25) is 0 Å². The first kappa shape index (κ1) is 19.3. The minimum atomic E-state index is -0.475. The van der Waals surface area contributed by atoms with E-state index >= 15 is 0 Å². The average Bonchev–Trinajstić information content (AvgIpc) is 2.61. The van der Waals surface area contributed by atoms with E-state index in [-0.39, 0.29) is 17.2 Å². The van der Waals surface area contributed by atoms with Gasteiger partial charge in [-0.15, -0.1) is 11.8 Å². The van der Waals surface area contributed by atoms with Gasteiger partial charge in [-0.3, -0.25) is 14.9 Å². The molecule has 0 aliphatic carbocycles. The fraction of sp³-hybridized carbons (Fsp3) is 0.278. The molecule has 0 aromatic heterocycles. The fourth-order valence-corrected chi connectivity index (χ4v) is 3.46. The summed E-state index contributed by atoms with van der Waals surface area (Å²) in [6, 6.07) is 8.21. The van der Waals surface area contributed by atoms with Crippen molar-refractivity contribution in [2.75, 3.05) is 11.6 Å². The lowest BCUT2D eigenvalue weighted by Crippen LogP contribution is -2.15. The van der Waals surface area contributed by atoms with Gasteiger partial charge in [0, 0.05) is 22.3 Å². The van der Waals surface area contributed by atoms with Gasteiger partial charge >= 0.3 is 0 Å². The van der Waals surface area contributed by atoms with Crippen LogP contribution in [-0.2, 0) is 12.8 Å². The number of nitro benzene ring substituents is 1. The number of benzene rings is 2. The van der Waals surface area contributed by atoms with Crippen molar-refractivity contribution in [2.45, 2.75) is 31.6 Å². The van der Waals surface area contributed by atoms with Gasteiger partial charge in [0.1, 0.15) is 0 Å². The summed E-state index contributed by atoms with van der Waals surface area (Å²) in [5.74, 6) is -0.387. The molecule has 1 amide bonds. The monoisotopic (exact) mass is 378 g/mol. The Bertz CT molecular complexity index is 824. The molecule has 2 aromatic carbocycles. The molecule has 5 nitrogen and oxygen atoms in total. The van der Waals surface area contributed by atoms with Crippen molar-refractivity contribution in [1.29, 1.82) is 0 Å². The third kappa shape index (κ3) is 4.14. The second-order valence-electron chi connectivity index (χ2n) is 5.37. The Balaban J connectivity index is 2.43. The van der Waals surface area contributed by atoms with Crippen LogP contribution in [-0.4, -0.2) is 17.1 Å². The minimum absolute atomic E-state index is 0.0716. The van der Waals surface area contributed by atoms with E-state index in [2.05, 4.69) is 5.32 Å². The highest BCUT2D eigenvalue weighted by Gasteiger charge is 2.19. The molecule has 2 rings (SSSR count). The molecule has 0 aliphatic rings. The van der Waals surface area contributed by atoms with Crippen LogP contribution in [0.4, 0.5) is 11.4 Å². The minimum Gasteiger partial charge on any atom is -0.321 e. The summed E-state index contributed by atoms with van der Waals surface area (Å²) < 4.78 is 0. The normalized spacial score (nSPS) is 10.6. The zero-order valence-electron chi connectivity index (χ0n) is 14.3. The number of nitro groups is 1. The van der Waals surface area contributed by atoms with E-state index in [1.165, 1.54) is 17.8 Å². The van der Waals surface area contributed by atoms with E-state index in [4.69, 9.17) is 11.6 Å². The molecule has 0 bridgehead atoms. The molecule has 0 aliphatic heterocycles. The van der Waals surface area contributed by atoms with Gasteiger partial charge in [0.25, 0.3) is 11.6 Å². The summed E-state index contributed by atoms with van der Waals surface area (Å²) in [4.78, 5) is 23.9. The quantitative estimate of drug-likeness (QED) is 0.418. The number of rotatable bonds is 6. The topological polar surface area (TPSA) is 72.2 Å². The number of carbonyl (C=O) groups is 1. The molecule has 0 radical (unpaired) electrons. The van der Waals surface area contributed by atoms with E-state index in [1.54, 1.807) is 18.4 Å². The van der Waals surface area contributed by atoms with Crippen LogP contribution in [0.2, 0.25) is 5.02 Å². The summed E-state index contributed by atoms with van der Waals surface area (Å²) >= 11 is 7.52. The highest BCUT2D eigenvalue weighted by atomic mass is 35.5. The molecule has 2 aromatic rings. The first-order chi connectivity index (χ1) is 11.9. The summed E-state index contributed by atoms with van der Waals surface area (Å²) in [5, 5.41) is 14.7. The van der Waals surface area contributed by atoms with Crippen LogP contribution in [0, 0.1) is 10.1 Å². The first-order valence-corrected chi connectivity index (χ1v) is 9.47. The summed E-state index contributed by atoms with van der Waals surface area (Å²) in [6.45, 7) is 3.96. The molecular formula is C18H19ClN2O3S. The number of halogens is 1. The van der Waals surface area contributed by atoms with Crippen molar-refractivity contribution >= 4 is 40.6 Å². The van der Waals surface area contributed by atoms with E-state index < -0.39 is 4.92 Å². The van der Waals surface area contributed by atoms with Gasteiger partial charge in [-0.1, -0.05) is 31.5 Å². The van der Waals surface area contributed by atoms with Crippen molar-refractivity contribution in [3.05, 3.63) is 62.2 Å². The molecule has 0 fully saturated rings. The lowest BCUT2D eigenvalue weighted by molar-refractivity contribution is -0.387. The molecule has 1 N–H and O–H groups in total. The molecule has 7 heteroatoms. The second kappa shape index (κ2) is 8.36. The molecule has 132 valence electrons. The van der Waals surface area contributed by atoms with Gasteiger partial charge < -0.3 is 5.32 Å². The van der Waals surface area contributed by atoms with Gasteiger partial charge in [-0.25, -0.2) is 0 Å². The number of hydrogen-bond acceptors (Lipinski definition) is 4. The van der Waals surface area contributed by atoms with Gasteiger partial charge in [-0.2, -0.15) is 0 Å². The zero-order valence-corrected chi connectivity index (χ0v) is 15.8. The van der Waals surface area contributed by atoms with Crippen LogP contribution in [0.5, 0.6) is 0 Å². The van der Waals surface area contributed by atoms with Crippen molar-refractivity contribution in [3.8, 4) is 0 Å². The summed E-state index contributed by atoms with van der Waals surface area (Å²) in [6.07, 6.45) is 3.17. The number of anilines is 1. The molecule has 0 saturated heterocycles. The van der Waals surface area contributed by atoms with Crippen molar-refractivity contribution < 1.29 is 9.72 Å². The number of aryl methyl sites for hydroxylation is 1. The highest BCUT2D eigenvalue weighted by Crippen LogP contribution is 2.31. The maximum absolute atomic E-state index is 12.7. The number of thioether (sulfide) groups is 1. The lowest BCUT2D eigenvalue weighted by Gasteiger charge is -2.16. The summed E-state index contributed by atoms with van der Waals surface area (Å²) in [7, 11) is 0. The number of amides is 1. The van der Waals surface area contributed by atoms with Crippen LogP contribution in [0.25, 0.3) is 0 Å². The van der Waals surface area contributed by atoms with Crippen LogP contribution < -0.4 is 5.32 Å². The van der Waals surface area contributed by atoms with Crippen LogP contribution in [0.15, 0.2) is 35.2 Å². The molecule has 0 unspecified atom stereocenters. The predicted octanol–water partition coefficient (Wildman–Crippen LogP) is 5.35. The zero-order chi connectivity index (χ0) is 18.6. The van der Waals surface area contributed by atoms with Crippen LogP contribution in [0.3, 0.4) is 0 Å². The van der Waals surface area contributed by atoms with Crippen LogP contribution in [0.1, 0.15) is 35.3 Å². The van der Waals surface area contributed by atoms with Gasteiger partial charge in [-0.05, 0) is 48.4 Å². The smallest absolute Gasteiger partial charge is 0.283 e. The number of carbonyl (C=O) groups excluding carboxylic acids is 1. The molecule has 25 heavy (non-hydrogen) atoms. The maximum Gasteiger partial charge on any atom is 0.283 e. The van der Waals surface area contributed by atoms with Crippen molar-refractivity contribution in [2.24, 2.45) is 0 Å². The van der Waals surface area contributed by atoms with E-state index in [9.17, 15) is 14.9 Å². The second-order valence-corrected chi connectivity index (χ2v) is 6.62. The van der Waals surface area contributed by atoms with Crippen molar-refractivity contribution in [1.82, 2.24) is 0 Å². The predicted molar refractivity (Wildman–Crippen MR) is 103 cm³/mol. The molecular weight excluding hydrogens is 360 g/mol. The van der Waals surface area contributed by atoms with E-state index in [1.807, 2.05) is 26.0 Å². The molecule has 0 spiro atoms. The first-order valence-electron chi connectivity index (χ1n) is 7.86. The van der Waals surface area contributed by atoms with E-state index in [0.717, 1.165) is 17.5 Å². The fourth-order valence-electron chi connectivity index (χ4n) is 2.63. The maximum atomic E-state index is 12.7. The number of hydrogen-bond donors (Lipinski definition) is 1. The standard InChI is InChI=1S/C18H19ClN2O3S/c1-4-11-6-8-14(19)13(5-2)17(11)20-18(22)12-7-9-16(25-3)15(10-12)21(23)24/h6-10H,4-5H2,1-3H3,(H,20,22). The largest absolute Gasteiger partial charge is 0.321 e. The van der Waals surface area contributed by atoms with Gasteiger partial charge in [0.05, 0.1) is 9.82 Å². The SMILES string of the molecule is CCc1ccc(Cl)c(CC)c1NC(=O)c1ccc(SC)c([N+](=O)[O-])c1. The Labute approximate surface area is 155 Å². The Morgan fingerprint density at radius 3 is 2.52 bits per heavy atom. The Morgan fingerprint density at radius 2 is 1.96 bits per heavy atom. The molecule has 0 heterocycles. The summed E-state index contributed by atoms with van der Waals surface area (Å²) in [5.41, 5.74) is 2.71. The third-order valence-electron chi connectivity index (χ3n) is 3.95. The van der Waals surface area contributed by atoms with Crippen LogP contribution >= 0.6 is 23.4 Å². The molecule has 0 saturated carbocycles. The number of nitrogens with one attached hydrogen (secondary N) is 1. The van der Waals surface area contributed by atoms with E-state index in [0.29, 0.717) is 22.0 Å². The average molecular weight is 379 g/mol. The Morgan fingerprint density at radius 1 is 1.24 bits per heavy atom. The Kier molecular flexibility index (Phi) is 6.45. The van der Waals surface area contributed by atoms with Crippen molar-refractivity contribution in [3.63, 3.8) is 0 Å². The highest BCUT2D eigenvalue weighted by molar-refractivity contribution is 7.98.